The Morgan fingerprint density at radius 3 is 2.67 bits per heavy atom. The molecule has 2 aromatic carbocycles. The fourth-order valence-electron chi connectivity index (χ4n) is 3.46. The molecular weight excluding hydrogens is 368 g/mol. The number of benzene rings is 2. The molecule has 142 valence electrons. The van der Waals surface area contributed by atoms with E-state index in [0.29, 0.717) is 30.7 Å². The molecule has 4 rings (SSSR count). The average molecular weight is 388 g/mol. The Hall–Kier alpha value is -2.58. The maximum absolute atomic E-state index is 12.3. The molecule has 2 N–H and O–H groups in total. The summed E-state index contributed by atoms with van der Waals surface area (Å²) in [5, 5.41) is 9.95. The third-order valence-electron chi connectivity index (χ3n) is 4.81. The molecule has 0 radical (unpaired) electrons. The number of anilines is 1. The van der Waals surface area contributed by atoms with Crippen molar-refractivity contribution in [2.45, 2.75) is 32.0 Å². The van der Waals surface area contributed by atoms with Gasteiger partial charge in [0.05, 0.1) is 11.8 Å². The summed E-state index contributed by atoms with van der Waals surface area (Å²) in [5.74, 6) is -0.191. The second kappa shape index (κ2) is 6.86. The lowest BCUT2D eigenvalue weighted by molar-refractivity contribution is -0.117. The third-order valence-corrected chi connectivity index (χ3v) is 6.20. The standard InChI is InChI=1S/C19H20N2O5S/c22-16-7-6-14-9-17(21-11-19(23)20-27(21,24)25)18(10-15(14)8-16)26-12-13-4-2-1-3-5-13/h1-5,9-10,16,22H,6-8,11-12H2,(H,20,23). The zero-order valence-electron chi connectivity index (χ0n) is 14.6. The van der Waals surface area contributed by atoms with Gasteiger partial charge in [0.25, 0.3) is 5.91 Å². The van der Waals surface area contributed by atoms with Crippen molar-refractivity contribution in [1.29, 1.82) is 0 Å². The Morgan fingerprint density at radius 1 is 1.19 bits per heavy atom. The Balaban J connectivity index is 1.73. The maximum Gasteiger partial charge on any atom is 0.326 e. The highest BCUT2D eigenvalue weighted by atomic mass is 32.2. The van der Waals surface area contributed by atoms with Gasteiger partial charge in [-0.3, -0.25) is 4.79 Å². The maximum atomic E-state index is 12.3. The van der Waals surface area contributed by atoms with Gasteiger partial charge < -0.3 is 9.84 Å². The van der Waals surface area contributed by atoms with E-state index in [9.17, 15) is 18.3 Å². The molecule has 8 heteroatoms. The van der Waals surface area contributed by atoms with Crippen molar-refractivity contribution < 1.29 is 23.1 Å². The van der Waals surface area contributed by atoms with Gasteiger partial charge in [-0.15, -0.1) is 0 Å². The van der Waals surface area contributed by atoms with Crippen molar-refractivity contribution >= 4 is 21.8 Å². The minimum Gasteiger partial charge on any atom is -0.487 e. The molecule has 7 nitrogen and oxygen atoms in total. The lowest BCUT2D eigenvalue weighted by atomic mass is 9.89. The smallest absolute Gasteiger partial charge is 0.326 e. The van der Waals surface area contributed by atoms with E-state index in [1.165, 1.54) is 0 Å². The first kappa shape index (κ1) is 17.8. The van der Waals surface area contributed by atoms with Gasteiger partial charge in [0.1, 0.15) is 18.9 Å². The summed E-state index contributed by atoms with van der Waals surface area (Å²) in [7, 11) is -3.93. The second-order valence-corrected chi connectivity index (χ2v) is 8.39. The highest BCUT2D eigenvalue weighted by Gasteiger charge is 2.36. The number of hydrogen-bond donors (Lipinski definition) is 2. The topological polar surface area (TPSA) is 95.9 Å². The SMILES string of the molecule is O=C1CN(c2cc3c(cc2OCc2ccccc2)CC(O)CC3)S(=O)(=O)N1. The number of carbonyl (C=O) groups is 1. The fourth-order valence-corrected chi connectivity index (χ4v) is 4.61. The van der Waals surface area contributed by atoms with Crippen LogP contribution in [0.3, 0.4) is 0 Å². The van der Waals surface area contributed by atoms with E-state index in [2.05, 4.69) is 0 Å². The number of ether oxygens (including phenoxy) is 1. The van der Waals surface area contributed by atoms with Crippen LogP contribution < -0.4 is 13.8 Å². The molecule has 2 aliphatic rings. The molecule has 1 atom stereocenters. The molecular formula is C19H20N2O5S. The van der Waals surface area contributed by atoms with E-state index in [0.717, 1.165) is 21.0 Å². The first-order valence-electron chi connectivity index (χ1n) is 8.76. The van der Waals surface area contributed by atoms with Crippen molar-refractivity contribution in [2.24, 2.45) is 0 Å². The van der Waals surface area contributed by atoms with E-state index in [-0.39, 0.29) is 13.2 Å². The fraction of sp³-hybridized carbons (Fsp3) is 0.316. The summed E-state index contributed by atoms with van der Waals surface area (Å²) in [6.45, 7) is -0.00408. The van der Waals surface area contributed by atoms with Gasteiger partial charge in [-0.2, -0.15) is 8.42 Å². The lowest BCUT2D eigenvalue weighted by Gasteiger charge is -2.25. The van der Waals surface area contributed by atoms with E-state index >= 15 is 0 Å². The third kappa shape index (κ3) is 3.63. The number of hydrogen-bond acceptors (Lipinski definition) is 5. The van der Waals surface area contributed by atoms with Gasteiger partial charge in [0.2, 0.25) is 0 Å². The number of rotatable bonds is 4. The highest BCUT2D eigenvalue weighted by molar-refractivity contribution is 7.92. The minimum absolute atomic E-state index is 0.268. The zero-order chi connectivity index (χ0) is 19.0. The van der Waals surface area contributed by atoms with Crippen molar-refractivity contribution in [2.75, 3.05) is 10.8 Å². The van der Waals surface area contributed by atoms with Crippen molar-refractivity contribution in [3.8, 4) is 5.75 Å². The van der Waals surface area contributed by atoms with Crippen LogP contribution in [0.5, 0.6) is 5.75 Å². The summed E-state index contributed by atoms with van der Waals surface area (Å²) in [5.41, 5.74) is 3.20. The predicted molar refractivity (Wildman–Crippen MR) is 99.7 cm³/mol. The van der Waals surface area contributed by atoms with Crippen molar-refractivity contribution in [3.05, 3.63) is 59.2 Å². The lowest BCUT2D eigenvalue weighted by Crippen LogP contribution is -2.30. The quantitative estimate of drug-likeness (QED) is 0.823. The molecule has 0 bridgehead atoms. The highest BCUT2D eigenvalue weighted by Crippen LogP contribution is 2.37. The van der Waals surface area contributed by atoms with Crippen LogP contribution in [0.1, 0.15) is 23.1 Å². The Bertz CT molecular complexity index is 975. The summed E-state index contributed by atoms with van der Waals surface area (Å²) < 4.78 is 33.6. The van der Waals surface area contributed by atoms with E-state index in [4.69, 9.17) is 4.74 Å². The number of nitrogens with zero attached hydrogens (tertiary/aromatic N) is 1. The molecule has 0 saturated carbocycles. The van der Waals surface area contributed by atoms with Crippen LogP contribution in [0.2, 0.25) is 0 Å². The molecule has 1 saturated heterocycles. The van der Waals surface area contributed by atoms with Crippen molar-refractivity contribution in [3.63, 3.8) is 0 Å². The van der Waals surface area contributed by atoms with Gasteiger partial charge in [-0.05, 0) is 48.1 Å². The molecule has 2 aromatic rings. The molecule has 0 spiro atoms. The van der Waals surface area contributed by atoms with Crippen LogP contribution in [0.4, 0.5) is 5.69 Å². The van der Waals surface area contributed by atoms with Crippen LogP contribution in [-0.2, 0) is 34.5 Å². The summed E-state index contributed by atoms with van der Waals surface area (Å²) >= 11 is 0. The van der Waals surface area contributed by atoms with Gasteiger partial charge in [0, 0.05) is 0 Å². The molecule has 0 aromatic heterocycles. The summed E-state index contributed by atoms with van der Waals surface area (Å²) in [4.78, 5) is 11.7. The number of fused-ring (bicyclic) bond motifs is 1. The monoisotopic (exact) mass is 388 g/mol. The van der Waals surface area contributed by atoms with Crippen molar-refractivity contribution in [1.82, 2.24) is 4.72 Å². The Labute approximate surface area is 157 Å². The number of nitrogens with one attached hydrogen (secondary N) is 1. The first-order valence-corrected chi connectivity index (χ1v) is 10.2. The molecule has 1 unspecified atom stereocenters. The Morgan fingerprint density at radius 2 is 1.96 bits per heavy atom. The predicted octanol–water partition coefficient (Wildman–Crippen LogP) is 1.30. The van der Waals surface area contributed by atoms with E-state index in [1.807, 2.05) is 35.1 Å². The largest absolute Gasteiger partial charge is 0.487 e. The van der Waals surface area contributed by atoms with E-state index in [1.54, 1.807) is 12.1 Å². The van der Waals surface area contributed by atoms with Gasteiger partial charge in [0.15, 0.2) is 0 Å². The number of aryl methyl sites for hydroxylation is 1. The van der Waals surface area contributed by atoms with E-state index < -0.39 is 22.2 Å². The second-order valence-electron chi connectivity index (χ2n) is 6.80. The number of aliphatic hydroxyl groups excluding tert-OH is 1. The van der Waals surface area contributed by atoms with Crippen LogP contribution in [-0.4, -0.2) is 32.1 Å². The zero-order valence-corrected chi connectivity index (χ0v) is 15.4. The van der Waals surface area contributed by atoms with Gasteiger partial charge >= 0.3 is 10.2 Å². The van der Waals surface area contributed by atoms with Gasteiger partial charge in [-0.25, -0.2) is 9.03 Å². The summed E-state index contributed by atoms with van der Waals surface area (Å²) in [6.07, 6.45) is 1.36. The first-order chi connectivity index (χ1) is 12.9. The Kier molecular flexibility index (Phi) is 4.53. The summed E-state index contributed by atoms with van der Waals surface area (Å²) in [6, 6.07) is 13.1. The molecule has 1 aliphatic heterocycles. The van der Waals surface area contributed by atoms with Crippen LogP contribution in [0.15, 0.2) is 42.5 Å². The number of aliphatic hydroxyl groups is 1. The van der Waals surface area contributed by atoms with Crippen LogP contribution >= 0.6 is 0 Å². The molecule has 1 amide bonds. The molecule has 1 heterocycles. The van der Waals surface area contributed by atoms with Crippen LogP contribution in [0.25, 0.3) is 0 Å². The van der Waals surface area contributed by atoms with Gasteiger partial charge in [-0.1, -0.05) is 30.3 Å². The number of carbonyl (C=O) groups excluding carboxylic acids is 1. The molecule has 1 fully saturated rings. The normalized spacial score (nSPS) is 20.9. The molecule has 1 aliphatic carbocycles. The number of amides is 1. The van der Waals surface area contributed by atoms with Crippen LogP contribution in [0, 0.1) is 0 Å². The molecule has 27 heavy (non-hydrogen) atoms. The average Bonchev–Trinajstić information content (AvgIpc) is 2.92. The minimum atomic E-state index is -3.93.